The highest BCUT2D eigenvalue weighted by molar-refractivity contribution is 7.07. The average molecular weight is 342 g/mol. The van der Waals surface area contributed by atoms with Crippen molar-refractivity contribution in [2.75, 3.05) is 0 Å². The molecule has 3 rings (SSSR count). The van der Waals surface area contributed by atoms with Crippen LogP contribution in [-0.2, 0) is 6.61 Å². The number of aryl methyl sites for hydroxylation is 1. The van der Waals surface area contributed by atoms with Gasteiger partial charge in [0.25, 0.3) is 5.91 Å². The zero-order valence-corrected chi connectivity index (χ0v) is 14.3. The summed E-state index contributed by atoms with van der Waals surface area (Å²) in [4.78, 5) is 16.6. The van der Waals surface area contributed by atoms with Gasteiger partial charge in [0.15, 0.2) is 0 Å². The zero-order valence-electron chi connectivity index (χ0n) is 13.5. The lowest BCUT2D eigenvalue weighted by atomic mass is 10.1. The first kappa shape index (κ1) is 16.3. The maximum absolute atomic E-state index is 12.4. The molecule has 1 amide bonds. The average Bonchev–Trinajstić information content (AvgIpc) is 3.24. The summed E-state index contributed by atoms with van der Waals surface area (Å²) in [6, 6.07) is 10.6. The molecule has 3 aromatic rings. The Bertz CT molecular complexity index is 811. The number of hydrogen-bond donors (Lipinski definition) is 1. The Hall–Kier alpha value is -2.60. The van der Waals surface area contributed by atoms with E-state index < -0.39 is 0 Å². The lowest BCUT2D eigenvalue weighted by Crippen LogP contribution is -2.26. The Morgan fingerprint density at radius 1 is 1.38 bits per heavy atom. The van der Waals surface area contributed by atoms with E-state index in [1.807, 2.05) is 37.4 Å². The number of hydrogen-bond acceptors (Lipinski definition) is 5. The summed E-state index contributed by atoms with van der Waals surface area (Å²) in [5.41, 5.74) is 3.18. The van der Waals surface area contributed by atoms with Gasteiger partial charge in [-0.2, -0.15) is 0 Å². The van der Waals surface area contributed by atoms with E-state index in [-0.39, 0.29) is 11.9 Å². The molecule has 24 heavy (non-hydrogen) atoms. The molecule has 0 bridgehead atoms. The van der Waals surface area contributed by atoms with Crippen LogP contribution < -0.4 is 10.1 Å². The lowest BCUT2D eigenvalue weighted by molar-refractivity contribution is 0.0934. The van der Waals surface area contributed by atoms with E-state index in [0.29, 0.717) is 17.9 Å². The van der Waals surface area contributed by atoms with Crippen LogP contribution in [0.15, 0.2) is 51.7 Å². The van der Waals surface area contributed by atoms with Crippen LogP contribution in [0.1, 0.15) is 40.5 Å². The van der Waals surface area contributed by atoms with E-state index in [9.17, 15) is 4.79 Å². The standard InChI is InChI=1S/C18H18N2O3S/c1-12-6-7-17(23-12)13(2)20-18(21)14-4-3-5-16(8-14)22-9-15-10-24-11-19-15/h3-8,10-11,13H,9H2,1-2H3,(H,20,21). The normalized spacial score (nSPS) is 11.9. The third-order valence-corrected chi connectivity index (χ3v) is 4.14. The van der Waals surface area contributed by atoms with Crippen molar-refractivity contribution < 1.29 is 13.9 Å². The molecule has 0 spiro atoms. The minimum Gasteiger partial charge on any atom is -0.487 e. The van der Waals surface area contributed by atoms with Crippen molar-refractivity contribution in [1.29, 1.82) is 0 Å². The molecular weight excluding hydrogens is 324 g/mol. The Morgan fingerprint density at radius 2 is 2.25 bits per heavy atom. The molecule has 1 unspecified atom stereocenters. The van der Waals surface area contributed by atoms with Crippen molar-refractivity contribution in [2.45, 2.75) is 26.5 Å². The summed E-state index contributed by atoms with van der Waals surface area (Å²) < 4.78 is 11.2. The third kappa shape index (κ3) is 4.02. The van der Waals surface area contributed by atoms with E-state index in [4.69, 9.17) is 9.15 Å². The van der Waals surface area contributed by atoms with Crippen LogP contribution in [0, 0.1) is 6.92 Å². The van der Waals surface area contributed by atoms with Gasteiger partial charge in [-0.3, -0.25) is 4.79 Å². The topological polar surface area (TPSA) is 64.4 Å². The number of carbonyl (C=O) groups is 1. The van der Waals surface area contributed by atoms with Gasteiger partial charge in [-0.15, -0.1) is 11.3 Å². The molecule has 124 valence electrons. The van der Waals surface area contributed by atoms with E-state index in [2.05, 4.69) is 10.3 Å². The van der Waals surface area contributed by atoms with Crippen molar-refractivity contribution in [3.8, 4) is 5.75 Å². The molecule has 0 aliphatic rings. The second kappa shape index (κ2) is 7.31. The monoisotopic (exact) mass is 342 g/mol. The molecule has 0 aliphatic carbocycles. The molecule has 5 nitrogen and oxygen atoms in total. The quantitative estimate of drug-likeness (QED) is 0.732. The van der Waals surface area contributed by atoms with Gasteiger partial charge in [0.1, 0.15) is 23.9 Å². The van der Waals surface area contributed by atoms with Gasteiger partial charge in [0.2, 0.25) is 0 Å². The predicted octanol–water partition coefficient (Wildman–Crippen LogP) is 4.11. The van der Waals surface area contributed by atoms with Crippen LogP contribution >= 0.6 is 11.3 Å². The summed E-state index contributed by atoms with van der Waals surface area (Å²) in [5.74, 6) is 2.02. The number of ether oxygens (including phenoxy) is 1. The van der Waals surface area contributed by atoms with Crippen molar-refractivity contribution in [2.24, 2.45) is 0 Å². The molecular formula is C18H18N2O3S. The fourth-order valence-electron chi connectivity index (χ4n) is 2.23. The number of amides is 1. The summed E-state index contributed by atoms with van der Waals surface area (Å²) in [6.45, 7) is 4.15. The molecule has 1 aromatic carbocycles. The van der Waals surface area contributed by atoms with Gasteiger partial charge in [0.05, 0.1) is 17.2 Å². The SMILES string of the molecule is Cc1ccc(C(C)NC(=O)c2cccc(OCc3cscn3)c2)o1. The van der Waals surface area contributed by atoms with Crippen molar-refractivity contribution in [1.82, 2.24) is 10.3 Å². The maximum Gasteiger partial charge on any atom is 0.251 e. The number of aromatic nitrogens is 1. The number of benzene rings is 1. The van der Waals surface area contributed by atoms with Crippen LogP contribution in [0.25, 0.3) is 0 Å². The van der Waals surface area contributed by atoms with E-state index >= 15 is 0 Å². The fraction of sp³-hybridized carbons (Fsp3) is 0.222. The number of furan rings is 1. The molecule has 0 saturated heterocycles. The summed E-state index contributed by atoms with van der Waals surface area (Å²) >= 11 is 1.53. The molecule has 0 radical (unpaired) electrons. The molecule has 2 aromatic heterocycles. The van der Waals surface area contributed by atoms with E-state index in [1.54, 1.807) is 23.7 Å². The minimum absolute atomic E-state index is 0.171. The fourth-order valence-corrected chi connectivity index (χ4v) is 2.77. The predicted molar refractivity (Wildman–Crippen MR) is 92.2 cm³/mol. The van der Waals surface area contributed by atoms with Gasteiger partial charge in [-0.1, -0.05) is 6.07 Å². The Kier molecular flexibility index (Phi) is 4.96. The Labute approximate surface area is 144 Å². The lowest BCUT2D eigenvalue weighted by Gasteiger charge is -2.12. The van der Waals surface area contributed by atoms with E-state index in [1.165, 1.54) is 11.3 Å². The minimum atomic E-state index is -0.203. The number of nitrogens with one attached hydrogen (secondary N) is 1. The summed E-state index contributed by atoms with van der Waals surface area (Å²) in [6.07, 6.45) is 0. The van der Waals surface area contributed by atoms with Crippen LogP contribution in [0.5, 0.6) is 5.75 Å². The van der Waals surface area contributed by atoms with Gasteiger partial charge in [0, 0.05) is 10.9 Å². The molecule has 2 heterocycles. The Morgan fingerprint density at radius 3 is 2.96 bits per heavy atom. The first-order chi connectivity index (χ1) is 11.6. The number of rotatable bonds is 6. The second-order valence-corrected chi connectivity index (χ2v) is 6.16. The molecule has 1 N–H and O–H groups in total. The first-order valence-corrected chi connectivity index (χ1v) is 8.53. The van der Waals surface area contributed by atoms with E-state index in [0.717, 1.165) is 17.2 Å². The highest BCUT2D eigenvalue weighted by Crippen LogP contribution is 2.18. The van der Waals surface area contributed by atoms with Crippen molar-refractivity contribution >= 4 is 17.2 Å². The summed E-state index contributed by atoms with van der Waals surface area (Å²) in [7, 11) is 0. The maximum atomic E-state index is 12.4. The van der Waals surface area contributed by atoms with Gasteiger partial charge in [-0.25, -0.2) is 4.98 Å². The van der Waals surface area contributed by atoms with Crippen molar-refractivity contribution in [3.05, 3.63) is 70.1 Å². The van der Waals surface area contributed by atoms with Crippen LogP contribution in [0.4, 0.5) is 0 Å². The number of carbonyl (C=O) groups excluding carboxylic acids is 1. The Balaban J connectivity index is 1.63. The number of thiazole rings is 1. The zero-order chi connectivity index (χ0) is 16.9. The van der Waals surface area contributed by atoms with Crippen LogP contribution in [-0.4, -0.2) is 10.9 Å². The van der Waals surface area contributed by atoms with Crippen LogP contribution in [0.2, 0.25) is 0 Å². The van der Waals surface area contributed by atoms with Crippen molar-refractivity contribution in [3.63, 3.8) is 0 Å². The highest BCUT2D eigenvalue weighted by Gasteiger charge is 2.14. The largest absolute Gasteiger partial charge is 0.487 e. The van der Waals surface area contributed by atoms with Gasteiger partial charge in [-0.05, 0) is 44.2 Å². The van der Waals surface area contributed by atoms with Crippen LogP contribution in [0.3, 0.4) is 0 Å². The molecule has 1 atom stereocenters. The summed E-state index contributed by atoms with van der Waals surface area (Å²) in [5, 5.41) is 4.86. The third-order valence-electron chi connectivity index (χ3n) is 3.50. The van der Waals surface area contributed by atoms with Gasteiger partial charge >= 0.3 is 0 Å². The second-order valence-electron chi connectivity index (χ2n) is 5.44. The molecule has 0 saturated carbocycles. The number of nitrogens with zero attached hydrogens (tertiary/aromatic N) is 1. The first-order valence-electron chi connectivity index (χ1n) is 7.59. The highest BCUT2D eigenvalue weighted by atomic mass is 32.1. The smallest absolute Gasteiger partial charge is 0.251 e. The van der Waals surface area contributed by atoms with Gasteiger partial charge < -0.3 is 14.5 Å². The molecule has 0 fully saturated rings. The molecule has 0 aliphatic heterocycles. The molecule has 6 heteroatoms.